The van der Waals surface area contributed by atoms with Crippen LogP contribution in [0.5, 0.6) is 11.5 Å². The highest BCUT2D eigenvalue weighted by Crippen LogP contribution is 2.36. The first kappa shape index (κ1) is 19.5. The lowest BCUT2D eigenvalue weighted by atomic mass is 10.2. The third kappa shape index (κ3) is 3.85. The van der Waals surface area contributed by atoms with Gasteiger partial charge in [-0.15, -0.1) is 0 Å². The van der Waals surface area contributed by atoms with Crippen molar-refractivity contribution in [1.29, 1.82) is 0 Å². The normalized spacial score (nSPS) is 18.2. The first-order valence-corrected chi connectivity index (χ1v) is 10.6. The van der Waals surface area contributed by atoms with E-state index in [1.165, 1.54) is 11.3 Å². The number of amides is 3. The van der Waals surface area contributed by atoms with Crippen molar-refractivity contribution < 1.29 is 19.1 Å². The molecule has 0 atom stereocenters. The molecule has 0 bridgehead atoms. The zero-order valence-corrected chi connectivity index (χ0v) is 17.6. The molecule has 0 saturated carbocycles. The maximum absolute atomic E-state index is 12.9. The fourth-order valence-corrected chi connectivity index (χ4v) is 4.32. The van der Waals surface area contributed by atoms with Crippen LogP contribution < -0.4 is 19.3 Å². The molecular weight excluding hydrogens is 396 g/mol. The van der Waals surface area contributed by atoms with Crippen LogP contribution in [0.25, 0.3) is 0 Å². The lowest BCUT2D eigenvalue weighted by Gasteiger charge is -2.36. The van der Waals surface area contributed by atoms with Crippen LogP contribution in [0, 0.1) is 6.92 Å². The van der Waals surface area contributed by atoms with E-state index in [1.54, 1.807) is 9.80 Å². The number of anilines is 2. The van der Waals surface area contributed by atoms with Crippen LogP contribution in [0.2, 0.25) is 0 Å². The van der Waals surface area contributed by atoms with Crippen LogP contribution >= 0.6 is 0 Å². The average molecular weight is 422 g/mol. The summed E-state index contributed by atoms with van der Waals surface area (Å²) >= 11 is 0. The van der Waals surface area contributed by atoms with Crippen molar-refractivity contribution in [2.24, 2.45) is 0 Å². The van der Waals surface area contributed by atoms with Crippen LogP contribution in [0.1, 0.15) is 5.56 Å². The lowest BCUT2D eigenvalue weighted by Crippen LogP contribution is -2.51. The molecule has 2 aromatic rings. The molecule has 8 nitrogen and oxygen atoms in total. The van der Waals surface area contributed by atoms with Gasteiger partial charge in [0.05, 0.1) is 0 Å². The number of benzene rings is 2. The second-order valence-electron chi connectivity index (χ2n) is 8.10. The van der Waals surface area contributed by atoms with E-state index in [0.29, 0.717) is 37.7 Å². The van der Waals surface area contributed by atoms with E-state index in [2.05, 4.69) is 36.1 Å². The number of hydrogen-bond acceptors (Lipinski definition) is 5. The Morgan fingerprint density at radius 2 is 1.71 bits per heavy atom. The molecule has 3 amide bonds. The molecule has 0 unspecified atom stereocenters. The molecule has 3 aliphatic heterocycles. The third-order valence-corrected chi connectivity index (χ3v) is 6.09. The number of fused-ring (bicyclic) bond motifs is 1. The van der Waals surface area contributed by atoms with Crippen LogP contribution in [-0.4, -0.2) is 74.3 Å². The number of carbonyl (C=O) groups excluding carboxylic acids is 2. The van der Waals surface area contributed by atoms with E-state index in [4.69, 9.17) is 9.47 Å². The second-order valence-corrected chi connectivity index (χ2v) is 8.10. The number of carbonyl (C=O) groups is 2. The van der Waals surface area contributed by atoms with Gasteiger partial charge in [-0.05, 0) is 36.8 Å². The van der Waals surface area contributed by atoms with Gasteiger partial charge in [0.15, 0.2) is 11.5 Å². The molecule has 0 aliphatic carbocycles. The molecule has 0 N–H and O–H groups in total. The van der Waals surface area contributed by atoms with Gasteiger partial charge in [-0.1, -0.05) is 12.1 Å². The summed E-state index contributed by atoms with van der Waals surface area (Å²) in [4.78, 5) is 33.2. The third-order valence-electron chi connectivity index (χ3n) is 6.09. The first-order chi connectivity index (χ1) is 15.1. The predicted molar refractivity (Wildman–Crippen MR) is 117 cm³/mol. The summed E-state index contributed by atoms with van der Waals surface area (Å²) < 4.78 is 10.7. The Bertz CT molecular complexity index is 1000. The zero-order valence-electron chi connectivity index (χ0n) is 17.6. The molecule has 2 fully saturated rings. The van der Waals surface area contributed by atoms with Gasteiger partial charge in [-0.2, -0.15) is 0 Å². The van der Waals surface area contributed by atoms with E-state index < -0.39 is 0 Å². The van der Waals surface area contributed by atoms with Crippen LogP contribution in [-0.2, 0) is 4.79 Å². The number of ether oxygens (including phenoxy) is 2. The first-order valence-electron chi connectivity index (χ1n) is 10.6. The second kappa shape index (κ2) is 8.02. The Morgan fingerprint density at radius 3 is 2.52 bits per heavy atom. The number of urea groups is 1. The van der Waals surface area contributed by atoms with Crippen LogP contribution in [0.4, 0.5) is 16.2 Å². The zero-order chi connectivity index (χ0) is 21.4. The molecular formula is C23H26N4O4. The van der Waals surface area contributed by atoms with E-state index in [1.807, 2.05) is 23.1 Å². The SMILES string of the molecule is Cc1cccc(N2CCN(C(=O)CN3CCN(c4ccc5c(c4)OCO5)C3=O)CC2)c1. The molecule has 3 aliphatic rings. The van der Waals surface area contributed by atoms with Gasteiger partial charge in [-0.25, -0.2) is 4.79 Å². The maximum Gasteiger partial charge on any atom is 0.325 e. The Hall–Kier alpha value is -3.42. The minimum absolute atomic E-state index is 0.00442. The van der Waals surface area contributed by atoms with Crippen molar-refractivity contribution in [3.05, 3.63) is 48.0 Å². The summed E-state index contributed by atoms with van der Waals surface area (Å²) in [7, 11) is 0. The summed E-state index contributed by atoms with van der Waals surface area (Å²) in [6.45, 7) is 6.41. The monoisotopic (exact) mass is 422 g/mol. The molecule has 0 aromatic heterocycles. The number of hydrogen-bond donors (Lipinski definition) is 0. The van der Waals surface area contributed by atoms with Gasteiger partial charge in [0.25, 0.3) is 0 Å². The highest BCUT2D eigenvalue weighted by Gasteiger charge is 2.33. The molecule has 2 aromatic carbocycles. The number of aryl methyl sites for hydroxylation is 1. The minimum Gasteiger partial charge on any atom is -0.454 e. The summed E-state index contributed by atoms with van der Waals surface area (Å²) in [5.74, 6) is 1.34. The average Bonchev–Trinajstić information content (AvgIpc) is 3.40. The van der Waals surface area contributed by atoms with Gasteiger partial charge in [0.1, 0.15) is 6.54 Å². The van der Waals surface area contributed by atoms with Gasteiger partial charge >= 0.3 is 6.03 Å². The molecule has 31 heavy (non-hydrogen) atoms. The van der Waals surface area contributed by atoms with Crippen molar-refractivity contribution >= 4 is 23.3 Å². The summed E-state index contributed by atoms with van der Waals surface area (Å²) in [6, 6.07) is 13.8. The van der Waals surface area contributed by atoms with Gasteiger partial charge in [-0.3, -0.25) is 9.69 Å². The molecule has 0 spiro atoms. The Morgan fingerprint density at radius 1 is 0.903 bits per heavy atom. The van der Waals surface area contributed by atoms with Gasteiger partial charge in [0, 0.05) is 56.7 Å². The summed E-state index contributed by atoms with van der Waals surface area (Å²) in [5, 5.41) is 0. The van der Waals surface area contributed by atoms with Gasteiger partial charge in [0.2, 0.25) is 12.7 Å². The topological polar surface area (TPSA) is 65.6 Å². The Labute approximate surface area is 181 Å². The van der Waals surface area contributed by atoms with Crippen molar-refractivity contribution in [2.75, 3.05) is 62.4 Å². The van der Waals surface area contributed by atoms with Crippen LogP contribution in [0.3, 0.4) is 0 Å². The largest absolute Gasteiger partial charge is 0.454 e. The van der Waals surface area contributed by atoms with E-state index in [-0.39, 0.29) is 25.3 Å². The van der Waals surface area contributed by atoms with E-state index >= 15 is 0 Å². The van der Waals surface area contributed by atoms with Crippen molar-refractivity contribution in [3.63, 3.8) is 0 Å². The van der Waals surface area contributed by atoms with Crippen LogP contribution in [0.15, 0.2) is 42.5 Å². The fourth-order valence-electron chi connectivity index (χ4n) is 4.32. The van der Waals surface area contributed by atoms with E-state index in [0.717, 1.165) is 18.8 Å². The molecule has 2 saturated heterocycles. The van der Waals surface area contributed by atoms with E-state index in [9.17, 15) is 9.59 Å². The number of nitrogens with zero attached hydrogens (tertiary/aromatic N) is 4. The molecule has 162 valence electrons. The fraction of sp³-hybridized carbons (Fsp3) is 0.391. The highest BCUT2D eigenvalue weighted by atomic mass is 16.7. The minimum atomic E-state index is -0.148. The maximum atomic E-state index is 12.9. The molecule has 3 heterocycles. The Balaban J connectivity index is 1.16. The van der Waals surface area contributed by atoms with Crippen molar-refractivity contribution in [2.45, 2.75) is 6.92 Å². The quantitative estimate of drug-likeness (QED) is 0.757. The smallest absolute Gasteiger partial charge is 0.325 e. The van der Waals surface area contributed by atoms with Gasteiger partial charge < -0.3 is 24.2 Å². The number of rotatable bonds is 4. The standard InChI is InChI=1S/C23H26N4O4/c1-17-3-2-4-18(13-17)24-7-9-25(10-8-24)22(28)15-26-11-12-27(23(26)29)19-5-6-20-21(14-19)31-16-30-20/h2-6,13-14H,7-12,15-16H2,1H3. The summed E-state index contributed by atoms with van der Waals surface area (Å²) in [5.41, 5.74) is 3.19. The predicted octanol–water partition coefficient (Wildman–Crippen LogP) is 2.31. The Kier molecular flexibility index (Phi) is 5.05. The molecule has 5 rings (SSSR count). The molecule has 0 radical (unpaired) electrons. The number of piperazine rings is 1. The van der Waals surface area contributed by atoms with Crippen molar-refractivity contribution in [1.82, 2.24) is 9.80 Å². The van der Waals surface area contributed by atoms with Crippen molar-refractivity contribution in [3.8, 4) is 11.5 Å². The summed E-state index contributed by atoms with van der Waals surface area (Å²) in [6.07, 6.45) is 0. The highest BCUT2D eigenvalue weighted by molar-refractivity contribution is 5.96. The lowest BCUT2D eigenvalue weighted by molar-refractivity contribution is -0.131. The molecule has 8 heteroatoms.